The summed E-state index contributed by atoms with van der Waals surface area (Å²) in [6.45, 7) is 2.60. The Labute approximate surface area is 120 Å². The van der Waals surface area contributed by atoms with Crippen molar-refractivity contribution in [3.63, 3.8) is 0 Å². The zero-order valence-corrected chi connectivity index (χ0v) is 11.9. The van der Waals surface area contributed by atoms with E-state index in [4.69, 9.17) is 0 Å². The lowest BCUT2D eigenvalue weighted by molar-refractivity contribution is -0.123. The number of amides is 1. The molecule has 1 saturated heterocycles. The fourth-order valence-corrected chi connectivity index (χ4v) is 2.34. The molecule has 20 heavy (non-hydrogen) atoms. The van der Waals surface area contributed by atoms with E-state index in [9.17, 15) is 4.79 Å². The minimum Gasteiger partial charge on any atom is -0.370 e. The molecule has 1 aromatic rings. The first-order valence-corrected chi connectivity index (χ1v) is 7.52. The molecule has 5 heteroatoms. The lowest BCUT2D eigenvalue weighted by Crippen LogP contribution is -2.46. The summed E-state index contributed by atoms with van der Waals surface area (Å²) in [7, 11) is 0. The summed E-state index contributed by atoms with van der Waals surface area (Å²) in [5.74, 6) is 1.06. The molecule has 2 rings (SSSR count). The van der Waals surface area contributed by atoms with E-state index in [0.717, 1.165) is 51.1 Å². The van der Waals surface area contributed by atoms with Crippen LogP contribution in [0.1, 0.15) is 32.1 Å². The summed E-state index contributed by atoms with van der Waals surface area (Å²) in [4.78, 5) is 16.0. The van der Waals surface area contributed by atoms with Crippen LogP contribution in [0.5, 0.6) is 0 Å². The smallest absolute Gasteiger partial charge is 0.237 e. The van der Waals surface area contributed by atoms with Crippen LogP contribution in [0.25, 0.3) is 0 Å². The predicted molar refractivity (Wildman–Crippen MR) is 80.6 cm³/mol. The highest BCUT2D eigenvalue weighted by atomic mass is 16.2. The van der Waals surface area contributed by atoms with Crippen LogP contribution in [-0.4, -0.2) is 36.6 Å². The van der Waals surface area contributed by atoms with Gasteiger partial charge in [0.2, 0.25) is 5.91 Å². The number of nitrogens with one attached hydrogen (secondary N) is 3. The van der Waals surface area contributed by atoms with Crippen molar-refractivity contribution in [2.45, 2.75) is 38.1 Å². The highest BCUT2D eigenvalue weighted by Gasteiger charge is 2.19. The molecule has 0 spiro atoms. The molecule has 1 aromatic heterocycles. The summed E-state index contributed by atoms with van der Waals surface area (Å²) >= 11 is 0. The Hall–Kier alpha value is -1.62. The van der Waals surface area contributed by atoms with Crippen molar-refractivity contribution in [2.24, 2.45) is 0 Å². The predicted octanol–water partition coefficient (Wildman–Crippen LogP) is 1.53. The molecule has 1 aliphatic rings. The van der Waals surface area contributed by atoms with Crippen LogP contribution in [0.15, 0.2) is 24.4 Å². The summed E-state index contributed by atoms with van der Waals surface area (Å²) in [5.41, 5.74) is 0. The Bertz CT molecular complexity index is 390. The van der Waals surface area contributed by atoms with Gasteiger partial charge in [0.05, 0.1) is 6.04 Å². The van der Waals surface area contributed by atoms with E-state index in [2.05, 4.69) is 20.9 Å². The molecule has 1 aliphatic heterocycles. The molecule has 0 unspecified atom stereocenters. The summed E-state index contributed by atoms with van der Waals surface area (Å²) in [6.07, 6.45) is 7.09. The molecule has 0 aromatic carbocycles. The van der Waals surface area contributed by atoms with Gasteiger partial charge in [-0.1, -0.05) is 12.5 Å². The topological polar surface area (TPSA) is 66.0 Å². The molecule has 110 valence electrons. The van der Waals surface area contributed by atoms with Gasteiger partial charge in [0, 0.05) is 19.3 Å². The van der Waals surface area contributed by atoms with E-state index in [0.29, 0.717) is 0 Å². The standard InChI is InChI=1S/C15H24N4O/c20-15(13-7-1-3-9-16-13)19-12-6-5-11-18-14-8-2-4-10-17-14/h2,4,8,10,13,16H,1,3,5-7,9,11-12H2,(H,17,18)(H,19,20)/t13-/m1/s1. The van der Waals surface area contributed by atoms with Crippen LogP contribution in [-0.2, 0) is 4.79 Å². The first kappa shape index (κ1) is 14.8. The van der Waals surface area contributed by atoms with Gasteiger partial charge in [-0.2, -0.15) is 0 Å². The van der Waals surface area contributed by atoms with E-state index in [-0.39, 0.29) is 11.9 Å². The highest BCUT2D eigenvalue weighted by molar-refractivity contribution is 5.81. The molecule has 0 radical (unpaired) electrons. The monoisotopic (exact) mass is 276 g/mol. The number of unbranched alkanes of at least 4 members (excludes halogenated alkanes) is 1. The number of pyridine rings is 1. The van der Waals surface area contributed by atoms with Crippen molar-refractivity contribution in [1.29, 1.82) is 0 Å². The van der Waals surface area contributed by atoms with Crippen molar-refractivity contribution < 1.29 is 4.79 Å². The van der Waals surface area contributed by atoms with Crippen LogP contribution in [0.4, 0.5) is 5.82 Å². The number of piperidine rings is 1. The fraction of sp³-hybridized carbons (Fsp3) is 0.600. The van der Waals surface area contributed by atoms with Crippen LogP contribution < -0.4 is 16.0 Å². The number of rotatable bonds is 7. The molecule has 5 nitrogen and oxygen atoms in total. The fourth-order valence-electron chi connectivity index (χ4n) is 2.34. The average Bonchev–Trinajstić information content (AvgIpc) is 2.52. The number of hydrogen-bond donors (Lipinski definition) is 3. The molecule has 1 fully saturated rings. The number of carbonyl (C=O) groups is 1. The summed E-state index contributed by atoms with van der Waals surface area (Å²) in [5, 5.41) is 9.53. The maximum Gasteiger partial charge on any atom is 0.237 e. The van der Waals surface area contributed by atoms with Crippen molar-refractivity contribution >= 4 is 11.7 Å². The maximum atomic E-state index is 11.9. The molecule has 2 heterocycles. The van der Waals surface area contributed by atoms with Crippen molar-refractivity contribution in [3.05, 3.63) is 24.4 Å². The molecular weight excluding hydrogens is 252 g/mol. The largest absolute Gasteiger partial charge is 0.370 e. The van der Waals surface area contributed by atoms with E-state index in [1.807, 2.05) is 18.2 Å². The molecule has 0 bridgehead atoms. The van der Waals surface area contributed by atoms with Crippen LogP contribution in [0, 0.1) is 0 Å². The molecule has 3 N–H and O–H groups in total. The first-order valence-electron chi connectivity index (χ1n) is 7.52. The average molecular weight is 276 g/mol. The van der Waals surface area contributed by atoms with Gasteiger partial charge < -0.3 is 16.0 Å². The second-order valence-electron chi connectivity index (χ2n) is 5.14. The van der Waals surface area contributed by atoms with Gasteiger partial charge in [-0.15, -0.1) is 0 Å². The van der Waals surface area contributed by atoms with Gasteiger partial charge in [0.1, 0.15) is 5.82 Å². The van der Waals surface area contributed by atoms with Crippen molar-refractivity contribution in [3.8, 4) is 0 Å². The zero-order chi connectivity index (χ0) is 14.0. The SMILES string of the molecule is O=C(NCCCCNc1ccccn1)[C@H]1CCCCN1. The Kier molecular flexibility index (Phi) is 6.31. The van der Waals surface area contributed by atoms with Crippen LogP contribution in [0.3, 0.4) is 0 Å². The number of anilines is 1. The van der Waals surface area contributed by atoms with E-state index in [1.165, 1.54) is 6.42 Å². The van der Waals surface area contributed by atoms with Crippen molar-refractivity contribution in [1.82, 2.24) is 15.6 Å². The van der Waals surface area contributed by atoms with Crippen LogP contribution >= 0.6 is 0 Å². The molecular formula is C15H24N4O. The first-order chi connectivity index (χ1) is 9.86. The second-order valence-corrected chi connectivity index (χ2v) is 5.14. The normalized spacial score (nSPS) is 18.5. The van der Waals surface area contributed by atoms with E-state index >= 15 is 0 Å². The van der Waals surface area contributed by atoms with Crippen molar-refractivity contribution in [2.75, 3.05) is 25.0 Å². The Morgan fingerprint density at radius 2 is 2.20 bits per heavy atom. The summed E-state index contributed by atoms with van der Waals surface area (Å²) < 4.78 is 0. The van der Waals surface area contributed by atoms with E-state index in [1.54, 1.807) is 6.20 Å². The minimum absolute atomic E-state index is 0.0235. The minimum atomic E-state index is 0.0235. The number of aromatic nitrogens is 1. The quantitative estimate of drug-likeness (QED) is 0.661. The highest BCUT2D eigenvalue weighted by Crippen LogP contribution is 2.06. The van der Waals surface area contributed by atoms with Gasteiger partial charge >= 0.3 is 0 Å². The Morgan fingerprint density at radius 3 is 2.95 bits per heavy atom. The van der Waals surface area contributed by atoms with Gasteiger partial charge in [-0.3, -0.25) is 4.79 Å². The number of nitrogens with zero attached hydrogens (tertiary/aromatic N) is 1. The van der Waals surface area contributed by atoms with Crippen LogP contribution in [0.2, 0.25) is 0 Å². The second kappa shape index (κ2) is 8.53. The number of carbonyl (C=O) groups excluding carboxylic acids is 1. The Balaban J connectivity index is 1.50. The zero-order valence-electron chi connectivity index (χ0n) is 11.9. The molecule has 1 atom stereocenters. The third-order valence-corrected chi connectivity index (χ3v) is 3.50. The van der Waals surface area contributed by atoms with Gasteiger partial charge in [0.15, 0.2) is 0 Å². The third kappa shape index (κ3) is 5.17. The maximum absolute atomic E-state index is 11.9. The lowest BCUT2D eigenvalue weighted by Gasteiger charge is -2.22. The Morgan fingerprint density at radius 1 is 1.30 bits per heavy atom. The third-order valence-electron chi connectivity index (χ3n) is 3.50. The van der Waals surface area contributed by atoms with Gasteiger partial charge in [-0.25, -0.2) is 4.98 Å². The molecule has 0 saturated carbocycles. The molecule has 1 amide bonds. The lowest BCUT2D eigenvalue weighted by atomic mass is 10.0. The van der Waals surface area contributed by atoms with Gasteiger partial charge in [-0.05, 0) is 44.4 Å². The molecule has 0 aliphatic carbocycles. The number of hydrogen-bond acceptors (Lipinski definition) is 4. The summed E-state index contributed by atoms with van der Waals surface area (Å²) in [6, 6.07) is 5.85. The van der Waals surface area contributed by atoms with E-state index < -0.39 is 0 Å². The van der Waals surface area contributed by atoms with Gasteiger partial charge in [0.25, 0.3) is 0 Å².